The molecule has 1 aromatic rings. The highest BCUT2D eigenvalue weighted by molar-refractivity contribution is 5.74. The van der Waals surface area contributed by atoms with E-state index in [0.717, 1.165) is 36.6 Å². The quantitative estimate of drug-likeness (QED) is 0.892. The zero-order chi connectivity index (χ0) is 14.7. The first-order valence-corrected chi connectivity index (χ1v) is 7.78. The molecule has 2 atom stereocenters. The van der Waals surface area contributed by atoms with Gasteiger partial charge in [0, 0.05) is 31.1 Å². The molecular formula is C16H23N3O2. The number of amides is 2. The number of hydrogen-bond acceptors (Lipinski definition) is 3. The Hall–Kier alpha value is -1.62. The topological polar surface area (TPSA) is 63.2 Å². The van der Waals surface area contributed by atoms with Gasteiger partial charge in [0.15, 0.2) is 0 Å². The molecule has 1 aliphatic carbocycles. The molecule has 0 unspecified atom stereocenters. The molecule has 2 N–H and O–H groups in total. The maximum absolute atomic E-state index is 12.0. The molecule has 1 saturated carbocycles. The third-order valence-electron chi connectivity index (χ3n) is 4.22. The summed E-state index contributed by atoms with van der Waals surface area (Å²) in [5.41, 5.74) is 2.00. The summed E-state index contributed by atoms with van der Waals surface area (Å²) < 4.78 is 5.77. The Morgan fingerprint density at radius 1 is 1.38 bits per heavy atom. The van der Waals surface area contributed by atoms with Gasteiger partial charge in [0.25, 0.3) is 0 Å². The molecular weight excluding hydrogens is 266 g/mol. The van der Waals surface area contributed by atoms with Gasteiger partial charge in [-0.05, 0) is 50.2 Å². The van der Waals surface area contributed by atoms with Crippen LogP contribution in [-0.2, 0) is 11.3 Å². The van der Waals surface area contributed by atoms with Gasteiger partial charge < -0.3 is 15.4 Å². The highest BCUT2D eigenvalue weighted by Crippen LogP contribution is 2.38. The number of nitrogens with one attached hydrogen (secondary N) is 2. The van der Waals surface area contributed by atoms with Gasteiger partial charge in [-0.25, -0.2) is 4.79 Å². The number of nitrogens with zero attached hydrogens (tertiary/aromatic N) is 1. The van der Waals surface area contributed by atoms with Gasteiger partial charge in [-0.1, -0.05) is 6.07 Å². The Morgan fingerprint density at radius 2 is 2.24 bits per heavy atom. The van der Waals surface area contributed by atoms with Gasteiger partial charge in [-0.3, -0.25) is 4.98 Å². The summed E-state index contributed by atoms with van der Waals surface area (Å²) in [6.07, 6.45) is 6.57. The smallest absolute Gasteiger partial charge is 0.315 e. The number of aromatic nitrogens is 1. The van der Waals surface area contributed by atoms with Crippen LogP contribution in [0.2, 0.25) is 0 Å². The van der Waals surface area contributed by atoms with E-state index in [9.17, 15) is 4.79 Å². The van der Waals surface area contributed by atoms with Gasteiger partial charge in [-0.15, -0.1) is 0 Å². The third-order valence-corrected chi connectivity index (χ3v) is 4.22. The molecule has 0 spiro atoms. The molecule has 2 aliphatic rings. The van der Waals surface area contributed by atoms with Gasteiger partial charge in [-0.2, -0.15) is 0 Å². The Morgan fingerprint density at radius 3 is 2.95 bits per heavy atom. The fourth-order valence-corrected chi connectivity index (χ4v) is 2.78. The minimum absolute atomic E-state index is 0.1000. The van der Waals surface area contributed by atoms with Crippen molar-refractivity contribution in [1.82, 2.24) is 15.6 Å². The minimum Gasteiger partial charge on any atom is -0.378 e. The molecule has 5 nitrogen and oxygen atoms in total. The van der Waals surface area contributed by atoms with Crippen molar-refractivity contribution in [3.63, 3.8) is 0 Å². The molecule has 21 heavy (non-hydrogen) atoms. The van der Waals surface area contributed by atoms with Gasteiger partial charge in [0.2, 0.25) is 0 Å². The lowest BCUT2D eigenvalue weighted by molar-refractivity contribution is -0.00914. The molecule has 1 aliphatic heterocycles. The van der Waals surface area contributed by atoms with Crippen molar-refractivity contribution in [2.45, 2.75) is 51.3 Å². The maximum atomic E-state index is 12.0. The monoisotopic (exact) mass is 289 g/mol. The van der Waals surface area contributed by atoms with Crippen molar-refractivity contribution in [3.8, 4) is 0 Å². The number of aryl methyl sites for hydroxylation is 1. The highest BCUT2D eigenvalue weighted by Gasteiger charge is 2.36. The van der Waals surface area contributed by atoms with Gasteiger partial charge in [0.05, 0.1) is 6.10 Å². The van der Waals surface area contributed by atoms with E-state index in [4.69, 9.17) is 4.74 Å². The molecule has 0 radical (unpaired) electrons. The van der Waals surface area contributed by atoms with Crippen LogP contribution >= 0.6 is 0 Å². The van der Waals surface area contributed by atoms with E-state index in [1.165, 1.54) is 12.8 Å². The van der Waals surface area contributed by atoms with Crippen LogP contribution in [0.5, 0.6) is 0 Å². The Kier molecular flexibility index (Phi) is 4.39. The van der Waals surface area contributed by atoms with Crippen LogP contribution in [0.4, 0.5) is 4.79 Å². The summed E-state index contributed by atoms with van der Waals surface area (Å²) in [7, 11) is 0. The zero-order valence-electron chi connectivity index (χ0n) is 12.5. The second-order valence-electron chi connectivity index (χ2n) is 6.10. The number of carbonyl (C=O) groups excluding carboxylic acids is 1. The number of urea groups is 1. The molecule has 0 aromatic carbocycles. The summed E-state index contributed by atoms with van der Waals surface area (Å²) in [6.45, 7) is 3.22. The summed E-state index contributed by atoms with van der Waals surface area (Å²) in [5, 5.41) is 5.96. The summed E-state index contributed by atoms with van der Waals surface area (Å²) >= 11 is 0. The molecule has 3 rings (SSSR count). The second kappa shape index (κ2) is 6.43. The van der Waals surface area contributed by atoms with Crippen molar-refractivity contribution in [3.05, 3.63) is 29.6 Å². The molecule has 1 saturated heterocycles. The minimum atomic E-state index is -0.1000. The standard InChI is InChI=1S/C16H23N3O2/c1-11-2-3-12(9-17-11)10-18-16(20)19-14-6-7-21-15(8-14)13-4-5-13/h2-3,9,13-15H,4-8,10H2,1H3,(H2,18,19,20)/t14-,15+/m1/s1. The molecule has 2 fully saturated rings. The molecule has 2 heterocycles. The molecule has 2 amide bonds. The predicted octanol–water partition coefficient (Wildman–Crippen LogP) is 2.15. The van der Waals surface area contributed by atoms with Gasteiger partial charge in [0.1, 0.15) is 0 Å². The fourth-order valence-electron chi connectivity index (χ4n) is 2.78. The number of pyridine rings is 1. The van der Waals surface area contributed by atoms with Crippen molar-refractivity contribution in [2.75, 3.05) is 6.61 Å². The number of hydrogen-bond donors (Lipinski definition) is 2. The van der Waals surface area contributed by atoms with Crippen LogP contribution in [0.1, 0.15) is 36.9 Å². The fraction of sp³-hybridized carbons (Fsp3) is 0.625. The summed E-state index contributed by atoms with van der Waals surface area (Å²) in [4.78, 5) is 16.2. The SMILES string of the molecule is Cc1ccc(CNC(=O)N[C@@H]2CCO[C@H](C3CC3)C2)cn1. The molecule has 0 bridgehead atoms. The number of carbonyl (C=O) groups is 1. The average Bonchev–Trinajstić information content (AvgIpc) is 3.32. The van der Waals surface area contributed by atoms with E-state index in [1.807, 2.05) is 19.1 Å². The molecule has 1 aromatic heterocycles. The van der Waals surface area contributed by atoms with Crippen molar-refractivity contribution in [1.29, 1.82) is 0 Å². The summed E-state index contributed by atoms with van der Waals surface area (Å²) in [5.74, 6) is 0.733. The Labute approximate surface area is 125 Å². The first-order valence-electron chi connectivity index (χ1n) is 7.78. The molecule has 114 valence electrons. The average molecular weight is 289 g/mol. The van der Waals surface area contributed by atoms with E-state index in [2.05, 4.69) is 15.6 Å². The lowest BCUT2D eigenvalue weighted by Crippen LogP contribution is -2.46. The van der Waals surface area contributed by atoms with Crippen LogP contribution in [0, 0.1) is 12.8 Å². The van der Waals surface area contributed by atoms with Crippen LogP contribution < -0.4 is 10.6 Å². The van der Waals surface area contributed by atoms with Crippen molar-refractivity contribution < 1.29 is 9.53 Å². The van der Waals surface area contributed by atoms with Gasteiger partial charge >= 0.3 is 6.03 Å². The van der Waals surface area contributed by atoms with E-state index in [1.54, 1.807) is 6.20 Å². The van der Waals surface area contributed by atoms with Crippen molar-refractivity contribution in [2.24, 2.45) is 5.92 Å². The first-order chi connectivity index (χ1) is 10.2. The Balaban J connectivity index is 1.42. The van der Waals surface area contributed by atoms with Crippen LogP contribution in [0.15, 0.2) is 18.3 Å². The normalized spacial score (nSPS) is 25.4. The highest BCUT2D eigenvalue weighted by atomic mass is 16.5. The van der Waals surface area contributed by atoms with Crippen molar-refractivity contribution >= 4 is 6.03 Å². The molecule has 5 heteroatoms. The lowest BCUT2D eigenvalue weighted by Gasteiger charge is -2.30. The number of ether oxygens (including phenoxy) is 1. The first kappa shape index (κ1) is 14.3. The maximum Gasteiger partial charge on any atom is 0.315 e. The summed E-state index contributed by atoms with van der Waals surface area (Å²) in [6, 6.07) is 4.07. The van der Waals surface area contributed by atoms with E-state index >= 15 is 0 Å². The van der Waals surface area contributed by atoms with E-state index in [0.29, 0.717) is 12.6 Å². The number of rotatable bonds is 4. The van der Waals surface area contributed by atoms with Crippen LogP contribution in [0.25, 0.3) is 0 Å². The van der Waals surface area contributed by atoms with Crippen LogP contribution in [0.3, 0.4) is 0 Å². The van der Waals surface area contributed by atoms with E-state index in [-0.39, 0.29) is 12.1 Å². The van der Waals surface area contributed by atoms with Crippen LogP contribution in [-0.4, -0.2) is 29.8 Å². The predicted molar refractivity (Wildman–Crippen MR) is 79.8 cm³/mol. The lowest BCUT2D eigenvalue weighted by atomic mass is 10.0. The zero-order valence-corrected chi connectivity index (χ0v) is 12.5. The largest absolute Gasteiger partial charge is 0.378 e. The third kappa shape index (κ3) is 4.17. The van der Waals surface area contributed by atoms with E-state index < -0.39 is 0 Å². The second-order valence-corrected chi connectivity index (χ2v) is 6.10. The Bertz CT molecular complexity index is 485.